The SMILES string of the molecule is O=C(NCc1ccc(Cl)s1)NC1CCSc2ccc(F)cc21. The van der Waals surface area contributed by atoms with Crippen molar-refractivity contribution in [3.05, 3.63) is 50.9 Å². The minimum atomic E-state index is -0.276. The van der Waals surface area contributed by atoms with Gasteiger partial charge in [-0.1, -0.05) is 11.6 Å². The van der Waals surface area contributed by atoms with Gasteiger partial charge in [-0.25, -0.2) is 9.18 Å². The lowest BCUT2D eigenvalue weighted by atomic mass is 10.0. The van der Waals surface area contributed by atoms with Crippen LogP contribution >= 0.6 is 34.7 Å². The zero-order chi connectivity index (χ0) is 15.5. The van der Waals surface area contributed by atoms with Crippen LogP contribution < -0.4 is 10.6 Å². The quantitative estimate of drug-likeness (QED) is 0.845. The van der Waals surface area contributed by atoms with Crippen molar-refractivity contribution in [3.63, 3.8) is 0 Å². The summed E-state index contributed by atoms with van der Waals surface area (Å²) >= 11 is 8.98. The molecule has 1 atom stereocenters. The van der Waals surface area contributed by atoms with Gasteiger partial charge in [0.25, 0.3) is 0 Å². The van der Waals surface area contributed by atoms with Crippen LogP contribution in [0.25, 0.3) is 0 Å². The summed E-state index contributed by atoms with van der Waals surface area (Å²) in [6.45, 7) is 0.431. The van der Waals surface area contributed by atoms with E-state index in [4.69, 9.17) is 11.6 Å². The van der Waals surface area contributed by atoms with E-state index >= 15 is 0 Å². The van der Waals surface area contributed by atoms with Crippen LogP contribution in [0.4, 0.5) is 9.18 Å². The fourth-order valence-corrected chi connectivity index (χ4v) is 4.47. The molecule has 2 N–H and O–H groups in total. The molecule has 0 saturated carbocycles. The van der Waals surface area contributed by atoms with Crippen molar-refractivity contribution >= 4 is 40.7 Å². The molecule has 2 aromatic rings. The zero-order valence-electron chi connectivity index (χ0n) is 11.6. The van der Waals surface area contributed by atoms with Gasteiger partial charge in [0.15, 0.2) is 0 Å². The average Bonchev–Trinajstić information content (AvgIpc) is 2.91. The van der Waals surface area contributed by atoms with Gasteiger partial charge in [0, 0.05) is 15.5 Å². The number of amides is 2. The van der Waals surface area contributed by atoms with Gasteiger partial charge in [-0.05, 0) is 42.3 Å². The van der Waals surface area contributed by atoms with Crippen molar-refractivity contribution < 1.29 is 9.18 Å². The van der Waals surface area contributed by atoms with Gasteiger partial charge in [0.1, 0.15) is 5.82 Å². The Labute approximate surface area is 141 Å². The van der Waals surface area contributed by atoms with Crippen molar-refractivity contribution in [3.8, 4) is 0 Å². The first-order valence-corrected chi connectivity index (χ1v) is 9.00. The Morgan fingerprint density at radius 2 is 2.23 bits per heavy atom. The topological polar surface area (TPSA) is 41.1 Å². The number of hydrogen-bond acceptors (Lipinski definition) is 3. The second-order valence-corrected chi connectivity index (χ2v) is 7.84. The number of urea groups is 1. The monoisotopic (exact) mass is 356 g/mol. The molecule has 1 aromatic heterocycles. The van der Waals surface area contributed by atoms with E-state index in [0.717, 1.165) is 27.5 Å². The van der Waals surface area contributed by atoms with Crippen LogP contribution in [0.15, 0.2) is 35.2 Å². The van der Waals surface area contributed by atoms with Crippen molar-refractivity contribution in [2.45, 2.75) is 23.9 Å². The fourth-order valence-electron chi connectivity index (χ4n) is 2.34. The summed E-state index contributed by atoms with van der Waals surface area (Å²) in [5.74, 6) is 0.631. The fraction of sp³-hybridized carbons (Fsp3) is 0.267. The lowest BCUT2D eigenvalue weighted by Crippen LogP contribution is -2.38. The van der Waals surface area contributed by atoms with Gasteiger partial charge in [-0.15, -0.1) is 23.1 Å². The number of thiophene rings is 1. The number of carbonyl (C=O) groups excluding carboxylic acids is 1. The van der Waals surface area contributed by atoms with E-state index in [2.05, 4.69) is 10.6 Å². The van der Waals surface area contributed by atoms with E-state index in [1.807, 2.05) is 6.07 Å². The Bertz CT molecular complexity index is 692. The number of fused-ring (bicyclic) bond motifs is 1. The molecule has 1 aromatic carbocycles. The normalized spacial score (nSPS) is 16.9. The van der Waals surface area contributed by atoms with Gasteiger partial charge in [-0.3, -0.25) is 0 Å². The number of rotatable bonds is 3. The maximum Gasteiger partial charge on any atom is 0.315 e. The van der Waals surface area contributed by atoms with Crippen molar-refractivity contribution in [1.29, 1.82) is 0 Å². The van der Waals surface area contributed by atoms with E-state index in [0.29, 0.717) is 10.9 Å². The largest absolute Gasteiger partial charge is 0.333 e. The Kier molecular flexibility index (Phi) is 4.90. The highest BCUT2D eigenvalue weighted by molar-refractivity contribution is 7.99. The number of nitrogens with one attached hydrogen (secondary N) is 2. The molecule has 0 aliphatic carbocycles. The molecule has 0 spiro atoms. The van der Waals surface area contributed by atoms with Crippen LogP contribution in [-0.2, 0) is 6.54 Å². The summed E-state index contributed by atoms with van der Waals surface area (Å²) in [7, 11) is 0. The molecule has 0 saturated heterocycles. The van der Waals surface area contributed by atoms with Gasteiger partial charge >= 0.3 is 6.03 Å². The summed E-state index contributed by atoms with van der Waals surface area (Å²) in [4.78, 5) is 14.1. The first-order chi connectivity index (χ1) is 10.6. The Hall–Kier alpha value is -1.24. The highest BCUT2D eigenvalue weighted by Gasteiger charge is 2.22. The van der Waals surface area contributed by atoms with Crippen LogP contribution in [0.2, 0.25) is 4.34 Å². The molecule has 0 fully saturated rings. The van der Waals surface area contributed by atoms with E-state index in [1.54, 1.807) is 23.9 Å². The van der Waals surface area contributed by atoms with Crippen LogP contribution in [-0.4, -0.2) is 11.8 Å². The van der Waals surface area contributed by atoms with Crippen molar-refractivity contribution in [2.75, 3.05) is 5.75 Å². The Morgan fingerprint density at radius 3 is 3.00 bits per heavy atom. The predicted molar refractivity (Wildman–Crippen MR) is 89.2 cm³/mol. The zero-order valence-corrected chi connectivity index (χ0v) is 14.0. The Morgan fingerprint density at radius 1 is 1.36 bits per heavy atom. The van der Waals surface area contributed by atoms with Gasteiger partial charge < -0.3 is 10.6 Å². The van der Waals surface area contributed by atoms with Gasteiger partial charge in [-0.2, -0.15) is 0 Å². The van der Waals surface area contributed by atoms with E-state index < -0.39 is 0 Å². The second-order valence-electron chi connectivity index (χ2n) is 4.90. The second kappa shape index (κ2) is 6.89. The number of thioether (sulfide) groups is 1. The van der Waals surface area contributed by atoms with Gasteiger partial charge in [0.05, 0.1) is 16.9 Å². The van der Waals surface area contributed by atoms with Crippen LogP contribution in [0.5, 0.6) is 0 Å². The maximum atomic E-state index is 13.4. The molecule has 1 aliphatic rings. The smallest absolute Gasteiger partial charge is 0.315 e. The minimum absolute atomic E-state index is 0.154. The molecule has 2 heterocycles. The third-order valence-corrected chi connectivity index (χ3v) is 5.72. The van der Waals surface area contributed by atoms with Crippen LogP contribution in [0.1, 0.15) is 22.9 Å². The molecule has 1 aliphatic heterocycles. The number of benzene rings is 1. The molecular formula is C15H14ClFN2OS2. The number of halogens is 2. The molecule has 116 valence electrons. The standard InChI is InChI=1S/C15H14ClFN2OS2/c16-14-4-2-10(22-14)8-18-15(20)19-12-5-6-21-13-3-1-9(17)7-11(12)13/h1-4,7,12H,5-6,8H2,(H2,18,19,20). The first kappa shape index (κ1) is 15.6. The molecule has 0 radical (unpaired) electrons. The van der Waals surface area contributed by atoms with E-state index in [9.17, 15) is 9.18 Å². The van der Waals surface area contributed by atoms with Crippen LogP contribution in [0, 0.1) is 5.82 Å². The summed E-state index contributed by atoms with van der Waals surface area (Å²) in [6, 6.07) is 8.01. The molecule has 2 amide bonds. The van der Waals surface area contributed by atoms with E-state index in [1.165, 1.54) is 23.5 Å². The first-order valence-electron chi connectivity index (χ1n) is 6.82. The molecule has 3 nitrogen and oxygen atoms in total. The maximum absolute atomic E-state index is 13.4. The number of carbonyl (C=O) groups is 1. The molecule has 0 bridgehead atoms. The average molecular weight is 357 g/mol. The Balaban J connectivity index is 1.61. The predicted octanol–water partition coefficient (Wildman–Crippen LogP) is 4.58. The summed E-state index contributed by atoms with van der Waals surface area (Å²) in [5, 5.41) is 5.73. The minimum Gasteiger partial charge on any atom is -0.333 e. The molecule has 7 heteroatoms. The lowest BCUT2D eigenvalue weighted by molar-refractivity contribution is 0.236. The molecular weight excluding hydrogens is 343 g/mol. The third kappa shape index (κ3) is 3.74. The van der Waals surface area contributed by atoms with Gasteiger partial charge in [0.2, 0.25) is 0 Å². The summed E-state index contributed by atoms with van der Waals surface area (Å²) < 4.78 is 14.1. The summed E-state index contributed by atoms with van der Waals surface area (Å²) in [6.07, 6.45) is 0.791. The molecule has 1 unspecified atom stereocenters. The highest BCUT2D eigenvalue weighted by atomic mass is 35.5. The molecule has 3 rings (SSSR count). The van der Waals surface area contributed by atoms with Crippen molar-refractivity contribution in [1.82, 2.24) is 10.6 Å². The lowest BCUT2D eigenvalue weighted by Gasteiger charge is -2.26. The van der Waals surface area contributed by atoms with Crippen LogP contribution in [0.3, 0.4) is 0 Å². The highest BCUT2D eigenvalue weighted by Crippen LogP contribution is 2.36. The molecule has 22 heavy (non-hydrogen) atoms. The summed E-state index contributed by atoms with van der Waals surface area (Å²) in [5.41, 5.74) is 0.852. The van der Waals surface area contributed by atoms with Crippen molar-refractivity contribution in [2.24, 2.45) is 0 Å². The number of hydrogen-bond donors (Lipinski definition) is 2. The van der Waals surface area contributed by atoms with E-state index in [-0.39, 0.29) is 17.9 Å². The third-order valence-electron chi connectivity index (χ3n) is 3.37.